The number of rotatable bonds is 5. The van der Waals surface area contributed by atoms with E-state index in [9.17, 15) is 18.0 Å². The number of carbonyl (C=O) groups is 2. The molecule has 2 amide bonds. The van der Waals surface area contributed by atoms with Gasteiger partial charge in [-0.3, -0.25) is 9.59 Å². The van der Waals surface area contributed by atoms with Crippen LogP contribution < -0.4 is 5.32 Å². The van der Waals surface area contributed by atoms with Crippen molar-refractivity contribution in [2.24, 2.45) is 5.92 Å². The van der Waals surface area contributed by atoms with Gasteiger partial charge in [-0.1, -0.05) is 12.1 Å². The average Bonchev–Trinajstić information content (AvgIpc) is 3.17. The van der Waals surface area contributed by atoms with Crippen LogP contribution in [0.3, 0.4) is 0 Å². The summed E-state index contributed by atoms with van der Waals surface area (Å²) in [5.41, 5.74) is 1.01. The van der Waals surface area contributed by atoms with Crippen LogP contribution in [0.1, 0.15) is 31.4 Å². The zero-order valence-electron chi connectivity index (χ0n) is 15.0. The molecule has 3 rings (SSSR count). The molecule has 0 aliphatic carbocycles. The molecule has 1 aromatic carbocycles. The van der Waals surface area contributed by atoms with E-state index in [4.69, 9.17) is 0 Å². The van der Waals surface area contributed by atoms with Gasteiger partial charge in [-0.2, -0.15) is 0 Å². The quantitative estimate of drug-likeness (QED) is 0.765. The molecule has 0 unspecified atom stereocenters. The lowest BCUT2D eigenvalue weighted by molar-refractivity contribution is -0.130. The number of thioether (sulfide) groups is 1. The summed E-state index contributed by atoms with van der Waals surface area (Å²) in [7, 11) is -3.05. The standard InChI is InChI=1S/C18H24N2O4S2/c1-12(13-3-5-16(25-2)6-4-13)19-18(22)14-9-17(21)20(10-14)15-7-8-26(23,24)11-15/h3-6,12,14-15H,7-11H2,1-2H3,(H,19,22)/t12-,14+,15-/m0/s1. The Morgan fingerprint density at radius 2 is 2.00 bits per heavy atom. The van der Waals surface area contributed by atoms with Gasteiger partial charge in [-0.15, -0.1) is 11.8 Å². The third kappa shape index (κ3) is 4.23. The Morgan fingerprint density at radius 1 is 1.31 bits per heavy atom. The van der Waals surface area contributed by atoms with Crippen LogP contribution in [0.15, 0.2) is 29.2 Å². The Labute approximate surface area is 158 Å². The lowest BCUT2D eigenvalue weighted by atomic mass is 10.0. The van der Waals surface area contributed by atoms with E-state index < -0.39 is 15.8 Å². The van der Waals surface area contributed by atoms with E-state index in [1.54, 1.807) is 16.7 Å². The summed E-state index contributed by atoms with van der Waals surface area (Å²) in [6.07, 6.45) is 2.64. The van der Waals surface area contributed by atoms with E-state index in [1.165, 1.54) is 0 Å². The van der Waals surface area contributed by atoms with Crippen LogP contribution in [-0.2, 0) is 19.4 Å². The van der Waals surface area contributed by atoms with Gasteiger partial charge in [-0.25, -0.2) is 8.42 Å². The monoisotopic (exact) mass is 396 g/mol. The molecule has 142 valence electrons. The number of sulfone groups is 1. The van der Waals surface area contributed by atoms with Crippen molar-refractivity contribution in [1.29, 1.82) is 0 Å². The first-order chi connectivity index (χ1) is 12.3. The minimum absolute atomic E-state index is 0.0191. The van der Waals surface area contributed by atoms with Gasteiger partial charge < -0.3 is 10.2 Å². The lowest BCUT2D eigenvalue weighted by Gasteiger charge is -2.23. The number of nitrogens with one attached hydrogen (secondary N) is 1. The Hall–Kier alpha value is -1.54. The zero-order chi connectivity index (χ0) is 18.9. The SMILES string of the molecule is CSc1ccc([C@H](C)NC(=O)[C@@H]2CC(=O)N([C@H]3CCS(=O)(=O)C3)C2)cc1. The van der Waals surface area contributed by atoms with Crippen molar-refractivity contribution in [2.45, 2.75) is 36.7 Å². The van der Waals surface area contributed by atoms with Crippen molar-refractivity contribution in [2.75, 3.05) is 24.3 Å². The van der Waals surface area contributed by atoms with E-state index in [0.29, 0.717) is 13.0 Å². The topological polar surface area (TPSA) is 83.6 Å². The maximum absolute atomic E-state index is 12.6. The molecular formula is C18H24N2O4S2. The Balaban J connectivity index is 1.59. The molecule has 8 heteroatoms. The van der Waals surface area contributed by atoms with Crippen molar-refractivity contribution < 1.29 is 18.0 Å². The summed E-state index contributed by atoms with van der Waals surface area (Å²) < 4.78 is 23.3. The van der Waals surface area contributed by atoms with Gasteiger partial charge in [0.15, 0.2) is 9.84 Å². The highest BCUT2D eigenvalue weighted by molar-refractivity contribution is 7.98. The number of nitrogens with zero attached hydrogens (tertiary/aromatic N) is 1. The summed E-state index contributed by atoms with van der Waals surface area (Å²) in [6, 6.07) is 7.60. The summed E-state index contributed by atoms with van der Waals surface area (Å²) >= 11 is 1.66. The second-order valence-electron chi connectivity index (χ2n) is 7.01. The molecule has 1 N–H and O–H groups in total. The van der Waals surface area contributed by atoms with Gasteiger partial charge in [0.1, 0.15) is 0 Å². The Morgan fingerprint density at radius 3 is 2.58 bits per heavy atom. The molecule has 6 nitrogen and oxygen atoms in total. The van der Waals surface area contributed by atoms with Gasteiger partial charge in [0.2, 0.25) is 11.8 Å². The van der Waals surface area contributed by atoms with E-state index in [1.807, 2.05) is 37.4 Å². The fourth-order valence-electron chi connectivity index (χ4n) is 3.59. The maximum atomic E-state index is 12.6. The molecule has 26 heavy (non-hydrogen) atoms. The van der Waals surface area contributed by atoms with E-state index in [-0.39, 0.29) is 41.8 Å². The minimum atomic E-state index is -3.05. The largest absolute Gasteiger partial charge is 0.349 e. The van der Waals surface area contributed by atoms with E-state index >= 15 is 0 Å². The number of amides is 2. The van der Waals surface area contributed by atoms with E-state index in [0.717, 1.165) is 10.5 Å². The number of hydrogen-bond donors (Lipinski definition) is 1. The first kappa shape index (κ1) is 19.2. The third-order valence-electron chi connectivity index (χ3n) is 5.15. The summed E-state index contributed by atoms with van der Waals surface area (Å²) in [4.78, 5) is 27.6. The average molecular weight is 397 g/mol. The lowest BCUT2D eigenvalue weighted by Crippen LogP contribution is -2.39. The molecule has 0 spiro atoms. The zero-order valence-corrected chi connectivity index (χ0v) is 16.6. The summed E-state index contributed by atoms with van der Waals surface area (Å²) in [5.74, 6) is -0.543. The van der Waals surface area contributed by atoms with Crippen molar-refractivity contribution >= 4 is 33.4 Å². The number of hydrogen-bond acceptors (Lipinski definition) is 5. The smallest absolute Gasteiger partial charge is 0.225 e. The first-order valence-electron chi connectivity index (χ1n) is 8.73. The van der Waals surface area contributed by atoms with Gasteiger partial charge in [-0.05, 0) is 37.3 Å². The molecule has 0 radical (unpaired) electrons. The second-order valence-corrected chi connectivity index (χ2v) is 10.1. The number of likely N-dealkylation sites (tertiary alicyclic amines) is 1. The van der Waals surface area contributed by atoms with Crippen LogP contribution in [0.4, 0.5) is 0 Å². The van der Waals surface area contributed by atoms with Gasteiger partial charge in [0.05, 0.1) is 23.5 Å². The predicted octanol–water partition coefficient (Wildman–Crippen LogP) is 1.62. The van der Waals surface area contributed by atoms with Crippen molar-refractivity contribution in [3.8, 4) is 0 Å². The third-order valence-corrected chi connectivity index (χ3v) is 7.65. The molecule has 2 aliphatic rings. The molecule has 2 heterocycles. The molecule has 2 fully saturated rings. The first-order valence-corrected chi connectivity index (χ1v) is 11.8. The van der Waals surface area contributed by atoms with Crippen LogP contribution in [0.5, 0.6) is 0 Å². The van der Waals surface area contributed by atoms with Crippen molar-refractivity contribution in [1.82, 2.24) is 10.2 Å². The Bertz CT molecular complexity index is 792. The fourth-order valence-corrected chi connectivity index (χ4v) is 5.73. The molecule has 2 saturated heterocycles. The summed E-state index contributed by atoms with van der Waals surface area (Å²) in [5, 5.41) is 2.98. The van der Waals surface area contributed by atoms with Gasteiger partial charge >= 0.3 is 0 Å². The second kappa shape index (κ2) is 7.60. The van der Waals surface area contributed by atoms with Gasteiger partial charge in [0, 0.05) is 23.9 Å². The van der Waals surface area contributed by atoms with Crippen molar-refractivity contribution in [3.63, 3.8) is 0 Å². The van der Waals surface area contributed by atoms with Crippen LogP contribution >= 0.6 is 11.8 Å². The predicted molar refractivity (Wildman–Crippen MR) is 102 cm³/mol. The van der Waals surface area contributed by atoms with Crippen LogP contribution in [0, 0.1) is 5.92 Å². The van der Waals surface area contributed by atoms with Crippen LogP contribution in [-0.4, -0.2) is 55.5 Å². The minimum Gasteiger partial charge on any atom is -0.349 e. The van der Waals surface area contributed by atoms with Crippen LogP contribution in [0.25, 0.3) is 0 Å². The molecule has 3 atom stereocenters. The van der Waals surface area contributed by atoms with Gasteiger partial charge in [0.25, 0.3) is 0 Å². The van der Waals surface area contributed by atoms with Crippen molar-refractivity contribution in [3.05, 3.63) is 29.8 Å². The highest BCUT2D eigenvalue weighted by atomic mass is 32.2. The molecular weight excluding hydrogens is 372 g/mol. The Kier molecular flexibility index (Phi) is 5.62. The van der Waals surface area contributed by atoms with Crippen LogP contribution in [0.2, 0.25) is 0 Å². The molecule has 0 saturated carbocycles. The molecule has 2 aliphatic heterocycles. The normalized spacial score (nSPS) is 26.1. The van der Waals surface area contributed by atoms with E-state index in [2.05, 4.69) is 5.32 Å². The number of carbonyl (C=O) groups excluding carboxylic acids is 2. The fraction of sp³-hybridized carbons (Fsp3) is 0.556. The number of benzene rings is 1. The highest BCUT2D eigenvalue weighted by Crippen LogP contribution is 2.27. The molecule has 0 bridgehead atoms. The molecule has 0 aromatic heterocycles. The highest BCUT2D eigenvalue weighted by Gasteiger charge is 2.42. The maximum Gasteiger partial charge on any atom is 0.225 e. The summed E-state index contributed by atoms with van der Waals surface area (Å²) in [6.45, 7) is 2.23. The molecule has 1 aromatic rings.